The summed E-state index contributed by atoms with van der Waals surface area (Å²) in [5.41, 5.74) is 1.80. The van der Waals surface area contributed by atoms with E-state index in [1.807, 2.05) is 61.5 Å². The predicted molar refractivity (Wildman–Crippen MR) is 88.6 cm³/mol. The third-order valence-electron chi connectivity index (χ3n) is 2.79. The normalized spacial score (nSPS) is 11.7. The van der Waals surface area contributed by atoms with Crippen LogP contribution < -0.4 is 5.32 Å². The molecule has 0 aliphatic rings. The van der Waals surface area contributed by atoms with Crippen LogP contribution >= 0.6 is 22.6 Å². The third-order valence-corrected chi connectivity index (χ3v) is 3.46. The number of nitrogens with one attached hydrogen (secondary N) is 1. The topological polar surface area (TPSA) is 38.3 Å². The first-order valence-electron chi connectivity index (χ1n) is 6.44. The van der Waals surface area contributed by atoms with Crippen molar-refractivity contribution in [1.82, 2.24) is 0 Å². The predicted octanol–water partition coefficient (Wildman–Crippen LogP) is 4.01. The lowest BCUT2D eigenvalue weighted by Gasteiger charge is -2.19. The number of halogens is 1. The summed E-state index contributed by atoms with van der Waals surface area (Å²) in [6.45, 7) is 2.18. The summed E-state index contributed by atoms with van der Waals surface area (Å²) in [5, 5.41) is 3.24. The lowest BCUT2D eigenvalue weighted by molar-refractivity contribution is -0.144. The monoisotopic (exact) mass is 381 g/mol. The van der Waals surface area contributed by atoms with Crippen molar-refractivity contribution in [2.45, 2.75) is 13.0 Å². The van der Waals surface area contributed by atoms with Gasteiger partial charge in [0.1, 0.15) is 0 Å². The number of benzene rings is 2. The van der Waals surface area contributed by atoms with Gasteiger partial charge in [0, 0.05) is 9.26 Å². The molecule has 0 aliphatic carbocycles. The van der Waals surface area contributed by atoms with Crippen molar-refractivity contribution in [3.63, 3.8) is 0 Å². The van der Waals surface area contributed by atoms with Gasteiger partial charge in [-0.25, -0.2) is 4.79 Å². The highest BCUT2D eigenvalue weighted by Crippen LogP contribution is 2.22. The maximum Gasteiger partial charge on any atom is 0.333 e. The molecule has 0 aromatic heterocycles. The van der Waals surface area contributed by atoms with Crippen molar-refractivity contribution in [3.05, 3.63) is 63.7 Å². The van der Waals surface area contributed by atoms with E-state index in [0.29, 0.717) is 6.61 Å². The standard InChI is InChI=1S/C16H16INO2/c1-2-20-16(19)15(12-7-4-3-5-8-12)18-14-10-6-9-13(17)11-14/h3-11,15,18H,2H2,1H3. The quantitative estimate of drug-likeness (QED) is 0.629. The molecule has 2 rings (SSSR count). The van der Waals surface area contributed by atoms with Crippen molar-refractivity contribution in [1.29, 1.82) is 0 Å². The van der Waals surface area contributed by atoms with Gasteiger partial charge in [-0.2, -0.15) is 0 Å². The van der Waals surface area contributed by atoms with Crippen LogP contribution in [0.5, 0.6) is 0 Å². The SMILES string of the molecule is CCOC(=O)C(Nc1cccc(I)c1)c1ccccc1. The van der Waals surface area contributed by atoms with E-state index in [2.05, 4.69) is 27.9 Å². The summed E-state index contributed by atoms with van der Waals surface area (Å²) < 4.78 is 6.27. The Morgan fingerprint density at radius 1 is 1.20 bits per heavy atom. The van der Waals surface area contributed by atoms with E-state index in [0.717, 1.165) is 14.8 Å². The van der Waals surface area contributed by atoms with Gasteiger partial charge < -0.3 is 10.1 Å². The second-order valence-corrected chi connectivity index (χ2v) is 5.50. The third kappa shape index (κ3) is 3.96. The fraction of sp³-hybridized carbons (Fsp3) is 0.188. The number of hydrogen-bond donors (Lipinski definition) is 1. The first-order valence-corrected chi connectivity index (χ1v) is 7.52. The first kappa shape index (κ1) is 14.8. The maximum absolute atomic E-state index is 12.1. The molecule has 2 aromatic carbocycles. The van der Waals surface area contributed by atoms with Gasteiger partial charge in [-0.1, -0.05) is 36.4 Å². The molecule has 0 fully saturated rings. The summed E-state index contributed by atoms with van der Waals surface area (Å²) in [6.07, 6.45) is 0. The average molecular weight is 381 g/mol. The van der Waals surface area contributed by atoms with E-state index in [4.69, 9.17) is 4.74 Å². The molecule has 20 heavy (non-hydrogen) atoms. The molecule has 2 aromatic rings. The zero-order valence-electron chi connectivity index (χ0n) is 11.2. The van der Waals surface area contributed by atoms with Crippen LogP contribution in [0.3, 0.4) is 0 Å². The van der Waals surface area contributed by atoms with E-state index in [9.17, 15) is 4.79 Å². The van der Waals surface area contributed by atoms with E-state index in [-0.39, 0.29) is 5.97 Å². The van der Waals surface area contributed by atoms with Gasteiger partial charge in [0.05, 0.1) is 6.61 Å². The number of rotatable bonds is 5. The highest BCUT2D eigenvalue weighted by atomic mass is 127. The smallest absolute Gasteiger partial charge is 0.333 e. The van der Waals surface area contributed by atoms with Gasteiger partial charge in [0.25, 0.3) is 0 Å². The summed E-state index contributed by atoms with van der Waals surface area (Å²) >= 11 is 2.24. The van der Waals surface area contributed by atoms with Gasteiger partial charge in [0.2, 0.25) is 0 Å². The second kappa shape index (κ2) is 7.28. The van der Waals surface area contributed by atoms with Gasteiger partial charge in [-0.05, 0) is 53.3 Å². The van der Waals surface area contributed by atoms with Crippen molar-refractivity contribution >= 4 is 34.2 Å². The molecular weight excluding hydrogens is 365 g/mol. The lowest BCUT2D eigenvalue weighted by atomic mass is 10.1. The number of carbonyl (C=O) groups excluding carboxylic acids is 1. The Morgan fingerprint density at radius 3 is 2.60 bits per heavy atom. The van der Waals surface area contributed by atoms with Crippen molar-refractivity contribution < 1.29 is 9.53 Å². The van der Waals surface area contributed by atoms with Crippen LogP contribution in [-0.2, 0) is 9.53 Å². The van der Waals surface area contributed by atoms with Gasteiger partial charge in [-0.15, -0.1) is 0 Å². The minimum absolute atomic E-state index is 0.266. The molecule has 104 valence electrons. The molecule has 1 unspecified atom stereocenters. The number of ether oxygens (including phenoxy) is 1. The Kier molecular flexibility index (Phi) is 5.40. The molecule has 0 aliphatic heterocycles. The summed E-state index contributed by atoms with van der Waals surface area (Å²) in [5.74, 6) is -0.266. The fourth-order valence-electron chi connectivity index (χ4n) is 1.89. The van der Waals surface area contributed by atoms with Gasteiger partial charge in [0.15, 0.2) is 6.04 Å². The van der Waals surface area contributed by atoms with Crippen LogP contribution in [0.4, 0.5) is 5.69 Å². The molecule has 3 nitrogen and oxygen atoms in total. The molecular formula is C16H16INO2. The molecule has 0 amide bonds. The van der Waals surface area contributed by atoms with Crippen LogP contribution in [0.1, 0.15) is 18.5 Å². The van der Waals surface area contributed by atoms with Crippen molar-refractivity contribution in [3.8, 4) is 0 Å². The molecule has 1 atom stereocenters. The molecule has 0 saturated carbocycles. The number of hydrogen-bond acceptors (Lipinski definition) is 3. The highest BCUT2D eigenvalue weighted by Gasteiger charge is 2.21. The summed E-state index contributed by atoms with van der Waals surface area (Å²) in [4.78, 5) is 12.1. The fourth-order valence-corrected chi connectivity index (χ4v) is 2.44. The summed E-state index contributed by atoms with van der Waals surface area (Å²) in [7, 11) is 0. The zero-order chi connectivity index (χ0) is 14.4. The Labute approximate surface area is 132 Å². The molecule has 0 radical (unpaired) electrons. The second-order valence-electron chi connectivity index (χ2n) is 4.25. The minimum Gasteiger partial charge on any atom is -0.464 e. The van der Waals surface area contributed by atoms with Crippen LogP contribution in [0.25, 0.3) is 0 Å². The Morgan fingerprint density at radius 2 is 1.95 bits per heavy atom. The molecule has 0 saturated heterocycles. The lowest BCUT2D eigenvalue weighted by Crippen LogP contribution is -2.23. The van der Waals surface area contributed by atoms with E-state index in [1.54, 1.807) is 0 Å². The molecule has 1 N–H and O–H groups in total. The average Bonchev–Trinajstić information content (AvgIpc) is 2.46. The van der Waals surface area contributed by atoms with Crippen LogP contribution in [0, 0.1) is 3.57 Å². The van der Waals surface area contributed by atoms with Crippen molar-refractivity contribution in [2.75, 3.05) is 11.9 Å². The molecule has 0 heterocycles. The van der Waals surface area contributed by atoms with Gasteiger partial charge in [-0.3, -0.25) is 0 Å². The van der Waals surface area contributed by atoms with E-state index >= 15 is 0 Å². The Hall–Kier alpha value is -1.56. The Balaban J connectivity index is 2.25. The van der Waals surface area contributed by atoms with Gasteiger partial charge >= 0.3 is 5.97 Å². The van der Waals surface area contributed by atoms with Crippen LogP contribution in [-0.4, -0.2) is 12.6 Å². The minimum atomic E-state index is -0.491. The largest absolute Gasteiger partial charge is 0.464 e. The van der Waals surface area contributed by atoms with E-state index < -0.39 is 6.04 Å². The maximum atomic E-state index is 12.1. The summed E-state index contributed by atoms with van der Waals surface area (Å²) in [6, 6.07) is 17.0. The number of carbonyl (C=O) groups is 1. The number of esters is 1. The molecule has 0 bridgehead atoms. The Bertz CT molecular complexity index is 572. The molecule has 4 heteroatoms. The number of anilines is 1. The highest BCUT2D eigenvalue weighted by molar-refractivity contribution is 14.1. The van der Waals surface area contributed by atoms with Crippen LogP contribution in [0.2, 0.25) is 0 Å². The molecule has 0 spiro atoms. The zero-order valence-corrected chi connectivity index (χ0v) is 13.3. The van der Waals surface area contributed by atoms with E-state index in [1.165, 1.54) is 0 Å². The first-order chi connectivity index (χ1) is 9.70. The van der Waals surface area contributed by atoms with Crippen LogP contribution in [0.15, 0.2) is 54.6 Å². The van der Waals surface area contributed by atoms with Crippen molar-refractivity contribution in [2.24, 2.45) is 0 Å².